The number of hydrogen-bond donors (Lipinski definition) is 1. The number of aliphatic hydroxyl groups is 1. The van der Waals surface area contributed by atoms with Gasteiger partial charge in [-0.25, -0.2) is 4.98 Å². The summed E-state index contributed by atoms with van der Waals surface area (Å²) in [5, 5.41) is 13.1. The summed E-state index contributed by atoms with van der Waals surface area (Å²) in [4.78, 5) is 4.60. The van der Waals surface area contributed by atoms with E-state index in [9.17, 15) is 5.11 Å². The number of rotatable bonds is 6. The second kappa shape index (κ2) is 6.76. The molecule has 1 rings (SSSR count). The first-order valence-electron chi connectivity index (χ1n) is 6.14. The Kier molecular flexibility index (Phi) is 5.97. The van der Waals surface area contributed by atoms with E-state index in [0.717, 1.165) is 28.6 Å². The van der Waals surface area contributed by atoms with Crippen molar-refractivity contribution in [3.63, 3.8) is 0 Å². The molecule has 0 amide bonds. The Labute approximate surface area is 113 Å². The third kappa shape index (κ3) is 5.40. The molecule has 0 saturated carbocycles. The van der Waals surface area contributed by atoms with E-state index in [4.69, 9.17) is 0 Å². The van der Waals surface area contributed by atoms with Gasteiger partial charge in [-0.2, -0.15) is 11.8 Å². The van der Waals surface area contributed by atoms with Gasteiger partial charge in [0.05, 0.1) is 16.8 Å². The van der Waals surface area contributed by atoms with E-state index >= 15 is 0 Å². The summed E-state index contributed by atoms with van der Waals surface area (Å²) in [5.74, 6) is 2.16. The third-order valence-electron chi connectivity index (χ3n) is 2.53. The molecule has 4 heteroatoms. The highest BCUT2D eigenvalue weighted by atomic mass is 32.2. The monoisotopic (exact) mass is 273 g/mol. The van der Waals surface area contributed by atoms with Gasteiger partial charge in [0.25, 0.3) is 0 Å². The summed E-state index contributed by atoms with van der Waals surface area (Å²) in [5.41, 5.74) is 1.24. The second-order valence-electron chi connectivity index (χ2n) is 5.22. The Morgan fingerprint density at radius 1 is 1.47 bits per heavy atom. The van der Waals surface area contributed by atoms with Crippen molar-refractivity contribution in [1.82, 2.24) is 4.98 Å². The van der Waals surface area contributed by atoms with Gasteiger partial charge in [0.15, 0.2) is 0 Å². The Balaban J connectivity index is 2.43. The Bertz CT molecular complexity index is 330. The Hall–Kier alpha value is -0.0600. The molecule has 98 valence electrons. The minimum absolute atomic E-state index is 0.109. The average Bonchev–Trinajstić information content (AvgIpc) is 2.66. The van der Waals surface area contributed by atoms with Crippen LogP contribution < -0.4 is 0 Å². The minimum Gasteiger partial charge on any atom is -0.393 e. The third-order valence-corrected chi connectivity index (χ3v) is 4.33. The van der Waals surface area contributed by atoms with Crippen molar-refractivity contribution in [3.05, 3.63) is 16.1 Å². The molecule has 1 heterocycles. The molecule has 0 aliphatic heterocycles. The Morgan fingerprint density at radius 2 is 2.18 bits per heavy atom. The van der Waals surface area contributed by atoms with Crippen LogP contribution in [0.1, 0.15) is 44.8 Å². The quantitative estimate of drug-likeness (QED) is 0.806. The average molecular weight is 273 g/mol. The first kappa shape index (κ1) is 15.0. The van der Waals surface area contributed by atoms with Gasteiger partial charge in [0.1, 0.15) is 0 Å². The van der Waals surface area contributed by atoms with Crippen LogP contribution in [0.25, 0.3) is 0 Å². The largest absolute Gasteiger partial charge is 0.393 e. The normalized spacial score (nSPS) is 13.9. The van der Waals surface area contributed by atoms with Crippen LogP contribution in [0.4, 0.5) is 0 Å². The van der Waals surface area contributed by atoms with Crippen LogP contribution in [-0.2, 0) is 11.8 Å². The lowest BCUT2D eigenvalue weighted by molar-refractivity contribution is 0.172. The highest BCUT2D eigenvalue weighted by molar-refractivity contribution is 7.99. The zero-order chi connectivity index (χ0) is 12.9. The number of thiazole rings is 1. The maximum atomic E-state index is 9.89. The summed E-state index contributed by atoms with van der Waals surface area (Å²) in [6.07, 6.45) is 1.32. The zero-order valence-corrected chi connectivity index (χ0v) is 12.8. The molecule has 0 radical (unpaired) electrons. The molecule has 0 aliphatic carbocycles. The fourth-order valence-electron chi connectivity index (χ4n) is 1.42. The van der Waals surface area contributed by atoms with Crippen molar-refractivity contribution in [1.29, 1.82) is 0 Å². The molecule has 0 bridgehead atoms. The van der Waals surface area contributed by atoms with Crippen LogP contribution in [0.5, 0.6) is 0 Å². The van der Waals surface area contributed by atoms with Crippen LogP contribution in [-0.4, -0.2) is 27.7 Å². The van der Waals surface area contributed by atoms with Gasteiger partial charge in [0, 0.05) is 17.2 Å². The molecule has 2 nitrogen and oxygen atoms in total. The van der Waals surface area contributed by atoms with Crippen molar-refractivity contribution in [2.75, 3.05) is 11.5 Å². The first-order valence-corrected chi connectivity index (χ1v) is 8.17. The molecule has 0 aliphatic rings. The van der Waals surface area contributed by atoms with Gasteiger partial charge < -0.3 is 5.11 Å². The molecule has 1 unspecified atom stereocenters. The topological polar surface area (TPSA) is 33.1 Å². The molecule has 0 saturated heterocycles. The van der Waals surface area contributed by atoms with Crippen LogP contribution in [0.2, 0.25) is 0 Å². The summed E-state index contributed by atoms with van der Waals surface area (Å²) >= 11 is 3.55. The molecule has 17 heavy (non-hydrogen) atoms. The van der Waals surface area contributed by atoms with Crippen LogP contribution in [0.3, 0.4) is 0 Å². The van der Waals surface area contributed by atoms with Gasteiger partial charge >= 0.3 is 0 Å². The maximum Gasteiger partial charge on any atom is 0.0954 e. The molecule has 1 atom stereocenters. The van der Waals surface area contributed by atoms with Crippen LogP contribution in [0, 0.1) is 0 Å². The van der Waals surface area contributed by atoms with Crippen LogP contribution in [0.15, 0.2) is 5.38 Å². The summed E-state index contributed by atoms with van der Waals surface area (Å²) in [6, 6.07) is 0. The van der Waals surface area contributed by atoms with Crippen molar-refractivity contribution in [2.24, 2.45) is 0 Å². The number of thioether (sulfide) groups is 1. The van der Waals surface area contributed by atoms with Crippen molar-refractivity contribution >= 4 is 23.1 Å². The highest BCUT2D eigenvalue weighted by Crippen LogP contribution is 2.24. The van der Waals surface area contributed by atoms with Crippen molar-refractivity contribution in [3.8, 4) is 0 Å². The van der Waals surface area contributed by atoms with Crippen molar-refractivity contribution in [2.45, 2.75) is 52.1 Å². The fraction of sp³-hybridized carbons (Fsp3) is 0.769. The number of aliphatic hydroxyl groups excluding tert-OH is 1. The highest BCUT2D eigenvalue weighted by Gasteiger charge is 2.18. The molecule has 0 spiro atoms. The van der Waals surface area contributed by atoms with Gasteiger partial charge in [-0.3, -0.25) is 0 Å². The van der Waals surface area contributed by atoms with Gasteiger partial charge in [-0.1, -0.05) is 27.7 Å². The number of hydrogen-bond acceptors (Lipinski definition) is 4. The standard InChI is InChI=1S/C13H23NOS2/c1-5-16-7-6-10(15)8-12-14-11(9-17-12)13(2,3)4/h9-10,15H,5-8H2,1-4H3. The number of nitrogens with zero attached hydrogens (tertiary/aromatic N) is 1. The lowest BCUT2D eigenvalue weighted by Gasteiger charge is -2.14. The predicted molar refractivity (Wildman–Crippen MR) is 78.1 cm³/mol. The minimum atomic E-state index is -0.243. The van der Waals surface area contributed by atoms with E-state index in [1.54, 1.807) is 11.3 Å². The van der Waals surface area contributed by atoms with E-state index in [2.05, 4.69) is 38.1 Å². The molecular formula is C13H23NOS2. The first-order chi connectivity index (χ1) is 7.93. The SMILES string of the molecule is CCSCCC(O)Cc1nc(C(C)(C)C)cs1. The number of aromatic nitrogens is 1. The zero-order valence-electron chi connectivity index (χ0n) is 11.2. The molecule has 1 aromatic rings. The van der Waals surface area contributed by atoms with Gasteiger partial charge in [-0.05, 0) is 17.9 Å². The van der Waals surface area contributed by atoms with E-state index in [-0.39, 0.29) is 11.5 Å². The lowest BCUT2D eigenvalue weighted by atomic mass is 9.93. The van der Waals surface area contributed by atoms with Gasteiger partial charge in [0.2, 0.25) is 0 Å². The smallest absolute Gasteiger partial charge is 0.0954 e. The van der Waals surface area contributed by atoms with Gasteiger partial charge in [-0.15, -0.1) is 11.3 Å². The summed E-state index contributed by atoms with van der Waals surface area (Å²) in [6.45, 7) is 8.65. The van der Waals surface area contributed by atoms with E-state index in [1.165, 1.54) is 0 Å². The molecule has 0 fully saturated rings. The van der Waals surface area contributed by atoms with E-state index in [0.29, 0.717) is 6.42 Å². The summed E-state index contributed by atoms with van der Waals surface area (Å²) < 4.78 is 0. The molecule has 1 aromatic heterocycles. The predicted octanol–water partition coefficient (Wildman–Crippen LogP) is 3.49. The molecule has 1 N–H and O–H groups in total. The summed E-state index contributed by atoms with van der Waals surface area (Å²) in [7, 11) is 0. The lowest BCUT2D eigenvalue weighted by Crippen LogP contribution is -2.14. The Morgan fingerprint density at radius 3 is 2.71 bits per heavy atom. The second-order valence-corrected chi connectivity index (χ2v) is 7.56. The van der Waals surface area contributed by atoms with E-state index < -0.39 is 0 Å². The fourth-order valence-corrected chi connectivity index (χ4v) is 3.24. The molecular weight excluding hydrogens is 250 g/mol. The van der Waals surface area contributed by atoms with E-state index in [1.807, 2.05) is 11.8 Å². The maximum absolute atomic E-state index is 9.89. The van der Waals surface area contributed by atoms with Crippen LogP contribution >= 0.6 is 23.1 Å². The van der Waals surface area contributed by atoms with Crippen molar-refractivity contribution < 1.29 is 5.11 Å². The molecule has 0 aromatic carbocycles.